The molecule has 0 heterocycles. The molecule has 1 aromatic rings. The highest BCUT2D eigenvalue weighted by Crippen LogP contribution is 2.27. The van der Waals surface area contributed by atoms with Crippen LogP contribution in [0.15, 0.2) is 12.1 Å². The van der Waals surface area contributed by atoms with Crippen LogP contribution in [0, 0.1) is 13.8 Å². The molecule has 1 unspecified atom stereocenters. The van der Waals surface area contributed by atoms with E-state index in [1.165, 1.54) is 0 Å². The first kappa shape index (κ1) is 14.0. The van der Waals surface area contributed by atoms with Gasteiger partial charge in [0.25, 0.3) is 0 Å². The van der Waals surface area contributed by atoms with E-state index in [4.69, 9.17) is 16.3 Å². The van der Waals surface area contributed by atoms with Crippen LogP contribution >= 0.6 is 11.6 Å². The van der Waals surface area contributed by atoms with E-state index in [9.17, 15) is 4.79 Å². The molecular formula is C14H19ClO2. The second-order valence-electron chi connectivity index (χ2n) is 4.29. The highest BCUT2D eigenvalue weighted by molar-refractivity contribution is 6.34. The first-order valence-electron chi connectivity index (χ1n) is 5.89. The summed E-state index contributed by atoms with van der Waals surface area (Å²) in [6.07, 6.45) is 0.914. The van der Waals surface area contributed by atoms with Crippen molar-refractivity contribution >= 4 is 17.4 Å². The number of alkyl halides is 1. The number of ketones is 1. The van der Waals surface area contributed by atoms with Crippen LogP contribution in [0.2, 0.25) is 0 Å². The lowest BCUT2D eigenvalue weighted by atomic mass is 10.0. The summed E-state index contributed by atoms with van der Waals surface area (Å²) in [5, 5.41) is -0.528. The molecule has 0 radical (unpaired) electrons. The van der Waals surface area contributed by atoms with Gasteiger partial charge in [0.2, 0.25) is 0 Å². The van der Waals surface area contributed by atoms with Crippen molar-refractivity contribution in [2.24, 2.45) is 0 Å². The van der Waals surface area contributed by atoms with Gasteiger partial charge in [-0.25, -0.2) is 0 Å². The quantitative estimate of drug-likeness (QED) is 0.588. The summed E-state index contributed by atoms with van der Waals surface area (Å²) < 4.78 is 5.66. The Morgan fingerprint density at radius 3 is 2.59 bits per heavy atom. The van der Waals surface area contributed by atoms with Crippen LogP contribution in [0.1, 0.15) is 41.8 Å². The summed E-state index contributed by atoms with van der Waals surface area (Å²) in [6.45, 7) is 8.25. The topological polar surface area (TPSA) is 26.3 Å². The highest BCUT2D eigenvalue weighted by atomic mass is 35.5. The maximum Gasteiger partial charge on any atom is 0.184 e. The number of benzene rings is 1. The van der Waals surface area contributed by atoms with Crippen molar-refractivity contribution < 1.29 is 9.53 Å². The number of aryl methyl sites for hydroxylation is 2. The zero-order valence-electron chi connectivity index (χ0n) is 10.8. The summed E-state index contributed by atoms with van der Waals surface area (Å²) in [4.78, 5) is 12.0. The van der Waals surface area contributed by atoms with E-state index in [0.29, 0.717) is 17.9 Å². The van der Waals surface area contributed by atoms with Crippen LogP contribution < -0.4 is 4.74 Å². The lowest BCUT2D eigenvalue weighted by Gasteiger charge is -2.15. The SMILES string of the molecule is CCCOc1c(C)cc(C)cc1C(=O)C(C)Cl. The molecule has 0 amide bonds. The normalized spacial score (nSPS) is 12.3. The Morgan fingerprint density at radius 2 is 2.06 bits per heavy atom. The van der Waals surface area contributed by atoms with E-state index in [0.717, 1.165) is 17.5 Å². The molecular weight excluding hydrogens is 236 g/mol. The molecule has 0 spiro atoms. The van der Waals surface area contributed by atoms with E-state index >= 15 is 0 Å². The number of Topliss-reactive ketones (excluding diaryl/α,β-unsaturated/α-hetero) is 1. The summed E-state index contributed by atoms with van der Waals surface area (Å²) in [5.74, 6) is 0.597. The summed E-state index contributed by atoms with van der Waals surface area (Å²) in [7, 11) is 0. The molecule has 3 heteroatoms. The molecule has 0 aliphatic carbocycles. The van der Waals surface area contributed by atoms with E-state index in [2.05, 4.69) is 0 Å². The Morgan fingerprint density at radius 1 is 1.41 bits per heavy atom. The lowest BCUT2D eigenvalue weighted by Crippen LogP contribution is -2.14. The average molecular weight is 255 g/mol. The summed E-state index contributed by atoms with van der Waals surface area (Å²) >= 11 is 5.87. The fourth-order valence-electron chi connectivity index (χ4n) is 1.75. The van der Waals surface area contributed by atoms with Crippen molar-refractivity contribution in [1.82, 2.24) is 0 Å². The number of ether oxygens (including phenoxy) is 1. The number of rotatable bonds is 5. The molecule has 17 heavy (non-hydrogen) atoms. The fourth-order valence-corrected chi connectivity index (χ4v) is 1.86. The maximum atomic E-state index is 12.0. The van der Waals surface area contributed by atoms with Gasteiger partial charge in [-0.3, -0.25) is 4.79 Å². The highest BCUT2D eigenvalue weighted by Gasteiger charge is 2.19. The molecule has 2 nitrogen and oxygen atoms in total. The smallest absolute Gasteiger partial charge is 0.184 e. The van der Waals surface area contributed by atoms with Crippen molar-refractivity contribution in [2.75, 3.05) is 6.61 Å². The van der Waals surface area contributed by atoms with Gasteiger partial charge in [0, 0.05) is 0 Å². The summed E-state index contributed by atoms with van der Waals surface area (Å²) in [5.41, 5.74) is 2.63. The minimum absolute atomic E-state index is 0.0791. The molecule has 0 N–H and O–H groups in total. The molecule has 0 bridgehead atoms. The molecule has 0 aromatic heterocycles. The minimum atomic E-state index is -0.528. The van der Waals surface area contributed by atoms with E-state index < -0.39 is 5.38 Å². The second kappa shape index (κ2) is 6.06. The molecule has 1 atom stereocenters. The standard InChI is InChI=1S/C14H19ClO2/c1-5-6-17-14-10(3)7-9(2)8-12(14)13(16)11(4)15/h7-8,11H,5-6H2,1-4H3. The van der Waals surface area contributed by atoms with E-state index in [-0.39, 0.29) is 5.78 Å². The van der Waals surface area contributed by atoms with Crippen molar-refractivity contribution in [2.45, 2.75) is 39.5 Å². The summed E-state index contributed by atoms with van der Waals surface area (Å²) in [6, 6.07) is 3.86. The molecule has 0 saturated carbocycles. The molecule has 1 rings (SSSR count). The number of carbonyl (C=O) groups is 1. The lowest BCUT2D eigenvalue weighted by molar-refractivity contribution is 0.0987. The Kier molecular flexibility index (Phi) is 5.01. The van der Waals surface area contributed by atoms with Crippen molar-refractivity contribution in [1.29, 1.82) is 0 Å². The number of halogens is 1. The van der Waals surface area contributed by atoms with Crippen molar-refractivity contribution in [3.05, 3.63) is 28.8 Å². The van der Waals surface area contributed by atoms with Crippen LogP contribution in [0.5, 0.6) is 5.75 Å². The number of carbonyl (C=O) groups excluding carboxylic acids is 1. The fraction of sp³-hybridized carbons (Fsp3) is 0.500. The molecule has 1 aromatic carbocycles. The Balaban J connectivity index is 3.20. The first-order chi connectivity index (χ1) is 7.97. The Bertz CT molecular complexity index is 411. The van der Waals surface area contributed by atoms with Crippen LogP contribution in [-0.4, -0.2) is 17.8 Å². The maximum absolute atomic E-state index is 12.0. The average Bonchev–Trinajstić information content (AvgIpc) is 2.25. The van der Waals surface area contributed by atoms with Crippen LogP contribution in [0.4, 0.5) is 0 Å². The monoisotopic (exact) mass is 254 g/mol. The van der Waals surface area contributed by atoms with Gasteiger partial charge >= 0.3 is 0 Å². The third-order valence-corrected chi connectivity index (χ3v) is 2.69. The predicted octanol–water partition coefficient (Wildman–Crippen LogP) is 3.90. The third kappa shape index (κ3) is 3.47. The Hall–Kier alpha value is -1.02. The van der Waals surface area contributed by atoms with Gasteiger partial charge in [0.1, 0.15) is 5.75 Å². The van der Waals surface area contributed by atoms with Gasteiger partial charge in [0.05, 0.1) is 17.5 Å². The first-order valence-corrected chi connectivity index (χ1v) is 6.33. The Labute approximate surface area is 108 Å². The molecule has 0 aliphatic rings. The molecule has 0 saturated heterocycles. The van der Waals surface area contributed by atoms with Gasteiger partial charge in [-0.05, 0) is 44.4 Å². The van der Waals surface area contributed by atoms with Crippen molar-refractivity contribution in [3.8, 4) is 5.75 Å². The predicted molar refractivity (Wildman–Crippen MR) is 71.3 cm³/mol. The number of hydrogen-bond donors (Lipinski definition) is 0. The molecule has 0 fully saturated rings. The zero-order chi connectivity index (χ0) is 13.0. The number of hydrogen-bond acceptors (Lipinski definition) is 2. The third-order valence-electron chi connectivity index (χ3n) is 2.50. The van der Waals surface area contributed by atoms with E-state index in [1.807, 2.05) is 32.9 Å². The second-order valence-corrected chi connectivity index (χ2v) is 4.94. The minimum Gasteiger partial charge on any atom is -0.493 e. The molecule has 94 valence electrons. The van der Waals surface area contributed by atoms with Gasteiger partial charge in [-0.1, -0.05) is 13.0 Å². The van der Waals surface area contributed by atoms with Crippen LogP contribution in [-0.2, 0) is 0 Å². The largest absolute Gasteiger partial charge is 0.493 e. The van der Waals surface area contributed by atoms with E-state index in [1.54, 1.807) is 6.92 Å². The van der Waals surface area contributed by atoms with Gasteiger partial charge < -0.3 is 4.74 Å². The van der Waals surface area contributed by atoms with Crippen LogP contribution in [0.25, 0.3) is 0 Å². The van der Waals surface area contributed by atoms with Gasteiger partial charge in [0.15, 0.2) is 5.78 Å². The van der Waals surface area contributed by atoms with Crippen molar-refractivity contribution in [3.63, 3.8) is 0 Å². The van der Waals surface area contributed by atoms with Crippen LogP contribution in [0.3, 0.4) is 0 Å². The zero-order valence-corrected chi connectivity index (χ0v) is 11.6. The molecule has 0 aliphatic heterocycles. The van der Waals surface area contributed by atoms with Gasteiger partial charge in [-0.15, -0.1) is 11.6 Å². The van der Waals surface area contributed by atoms with Gasteiger partial charge in [-0.2, -0.15) is 0 Å².